The molecule has 0 aromatic rings. The average molecular weight is 289 g/mol. The Labute approximate surface area is 122 Å². The monoisotopic (exact) mass is 289 g/mol. The second-order valence-electron chi connectivity index (χ2n) is 5.59. The van der Waals surface area contributed by atoms with Crippen molar-refractivity contribution in [1.29, 1.82) is 0 Å². The number of carbonyl (C=O) groups is 1. The van der Waals surface area contributed by atoms with Gasteiger partial charge in [0, 0.05) is 5.25 Å². The number of hydrogen-bond acceptors (Lipinski definition) is 3. The normalized spacial score (nSPS) is 16.3. The van der Waals surface area contributed by atoms with Crippen molar-refractivity contribution in [3.05, 3.63) is 0 Å². The van der Waals surface area contributed by atoms with Crippen molar-refractivity contribution in [2.75, 3.05) is 12.3 Å². The van der Waals surface area contributed by atoms with Gasteiger partial charge in [-0.25, -0.2) is 0 Å². The minimum absolute atomic E-state index is 0.643. The van der Waals surface area contributed by atoms with Crippen LogP contribution in [0.1, 0.15) is 60.3 Å². The maximum absolute atomic E-state index is 11.5. The lowest BCUT2D eigenvalue weighted by atomic mass is 9.90. The van der Waals surface area contributed by atoms with Crippen molar-refractivity contribution in [2.24, 2.45) is 5.92 Å². The van der Waals surface area contributed by atoms with Crippen LogP contribution in [0.4, 0.5) is 0 Å². The Hall–Kier alpha value is -0.220. The second-order valence-corrected chi connectivity index (χ2v) is 7.08. The zero-order valence-electron chi connectivity index (χ0n) is 13.2. The first kappa shape index (κ1) is 18.8. The van der Waals surface area contributed by atoms with Crippen LogP contribution in [0.5, 0.6) is 0 Å². The summed E-state index contributed by atoms with van der Waals surface area (Å²) in [7, 11) is 0. The van der Waals surface area contributed by atoms with Gasteiger partial charge in [-0.1, -0.05) is 34.6 Å². The van der Waals surface area contributed by atoms with E-state index < -0.39 is 11.5 Å². The summed E-state index contributed by atoms with van der Waals surface area (Å²) in [5.41, 5.74) is -0.725. The van der Waals surface area contributed by atoms with E-state index in [1.165, 1.54) is 0 Å². The standard InChI is InChI=1S/C15H31NO2S/c1-6-10-16-15(7-2,14(17)18)9-8-11-19-13(5)12(3)4/h12-13,16H,6-11H2,1-5H3,(H,17,18). The Kier molecular flexibility index (Phi) is 9.54. The maximum Gasteiger partial charge on any atom is 0.323 e. The molecule has 0 aliphatic rings. The highest BCUT2D eigenvalue weighted by molar-refractivity contribution is 7.99. The van der Waals surface area contributed by atoms with E-state index in [0.29, 0.717) is 17.6 Å². The summed E-state index contributed by atoms with van der Waals surface area (Å²) in [4.78, 5) is 11.5. The van der Waals surface area contributed by atoms with Crippen LogP contribution >= 0.6 is 11.8 Å². The van der Waals surface area contributed by atoms with E-state index in [1.54, 1.807) is 0 Å². The quantitative estimate of drug-likeness (QED) is 0.568. The van der Waals surface area contributed by atoms with Crippen LogP contribution in [0, 0.1) is 5.92 Å². The van der Waals surface area contributed by atoms with Crippen molar-refractivity contribution in [3.8, 4) is 0 Å². The van der Waals surface area contributed by atoms with Crippen LogP contribution in [0.2, 0.25) is 0 Å². The fourth-order valence-corrected chi connectivity index (χ4v) is 2.99. The van der Waals surface area contributed by atoms with Crippen molar-refractivity contribution in [2.45, 2.75) is 71.1 Å². The Morgan fingerprint density at radius 2 is 1.95 bits per heavy atom. The van der Waals surface area contributed by atoms with Crippen LogP contribution in [-0.4, -0.2) is 34.2 Å². The molecule has 0 saturated heterocycles. The number of nitrogens with one attached hydrogen (secondary N) is 1. The molecule has 0 bridgehead atoms. The van der Waals surface area contributed by atoms with E-state index in [-0.39, 0.29) is 0 Å². The summed E-state index contributed by atoms with van der Waals surface area (Å²) >= 11 is 1.95. The van der Waals surface area contributed by atoms with Crippen LogP contribution in [0.3, 0.4) is 0 Å². The minimum Gasteiger partial charge on any atom is -0.480 e. The van der Waals surface area contributed by atoms with E-state index in [4.69, 9.17) is 0 Å². The maximum atomic E-state index is 11.5. The first-order chi connectivity index (χ1) is 8.89. The van der Waals surface area contributed by atoms with Gasteiger partial charge in [-0.15, -0.1) is 0 Å². The summed E-state index contributed by atoms with van der Waals surface area (Å²) in [6.07, 6.45) is 3.29. The lowest BCUT2D eigenvalue weighted by Crippen LogP contribution is -2.52. The minimum atomic E-state index is -0.725. The molecule has 4 heteroatoms. The lowest BCUT2D eigenvalue weighted by Gasteiger charge is -2.29. The third-order valence-corrected chi connectivity index (χ3v) is 5.39. The van der Waals surface area contributed by atoms with E-state index >= 15 is 0 Å². The summed E-state index contributed by atoms with van der Waals surface area (Å²) in [5, 5.41) is 13.4. The molecule has 0 rings (SSSR count). The molecule has 2 atom stereocenters. The van der Waals surface area contributed by atoms with E-state index in [9.17, 15) is 9.90 Å². The van der Waals surface area contributed by atoms with Crippen molar-refractivity contribution < 1.29 is 9.90 Å². The van der Waals surface area contributed by atoms with Gasteiger partial charge < -0.3 is 10.4 Å². The molecule has 0 fully saturated rings. The molecule has 114 valence electrons. The molecule has 0 heterocycles. The number of carboxylic acid groups (broad SMARTS) is 1. The van der Waals surface area contributed by atoms with E-state index in [0.717, 1.165) is 31.6 Å². The average Bonchev–Trinajstić information content (AvgIpc) is 2.37. The van der Waals surface area contributed by atoms with Crippen molar-refractivity contribution in [1.82, 2.24) is 5.32 Å². The van der Waals surface area contributed by atoms with Gasteiger partial charge >= 0.3 is 5.97 Å². The molecular weight excluding hydrogens is 258 g/mol. The second kappa shape index (κ2) is 9.65. The Balaban J connectivity index is 4.23. The van der Waals surface area contributed by atoms with E-state index in [1.807, 2.05) is 18.7 Å². The molecule has 0 aromatic heterocycles. The molecule has 2 unspecified atom stereocenters. The molecule has 0 radical (unpaired) electrons. The lowest BCUT2D eigenvalue weighted by molar-refractivity contribution is -0.145. The third kappa shape index (κ3) is 6.66. The zero-order valence-corrected chi connectivity index (χ0v) is 14.0. The summed E-state index contributed by atoms with van der Waals surface area (Å²) < 4.78 is 0. The van der Waals surface area contributed by atoms with Crippen molar-refractivity contribution in [3.63, 3.8) is 0 Å². The number of hydrogen-bond donors (Lipinski definition) is 2. The van der Waals surface area contributed by atoms with Gasteiger partial charge in [0.2, 0.25) is 0 Å². The van der Waals surface area contributed by atoms with Gasteiger partial charge in [0.1, 0.15) is 5.54 Å². The number of carboxylic acids is 1. The Morgan fingerprint density at radius 1 is 1.32 bits per heavy atom. The van der Waals surface area contributed by atoms with Crippen LogP contribution in [0.25, 0.3) is 0 Å². The first-order valence-electron chi connectivity index (χ1n) is 7.49. The van der Waals surface area contributed by atoms with Crippen LogP contribution in [0.15, 0.2) is 0 Å². The SMILES string of the molecule is CCCNC(CC)(CCCSC(C)C(C)C)C(=O)O. The highest BCUT2D eigenvalue weighted by Crippen LogP contribution is 2.23. The fraction of sp³-hybridized carbons (Fsp3) is 0.933. The molecule has 0 aromatic carbocycles. The molecule has 2 N–H and O–H groups in total. The smallest absolute Gasteiger partial charge is 0.323 e. The predicted octanol–water partition coefficient (Wildman–Crippen LogP) is 3.78. The number of thioether (sulfide) groups is 1. The predicted molar refractivity (Wildman–Crippen MR) is 84.9 cm³/mol. The summed E-state index contributed by atoms with van der Waals surface area (Å²) in [6, 6.07) is 0. The van der Waals surface area contributed by atoms with Gasteiger partial charge in [0.25, 0.3) is 0 Å². The summed E-state index contributed by atoms with van der Waals surface area (Å²) in [6.45, 7) is 11.5. The molecule has 19 heavy (non-hydrogen) atoms. The number of rotatable bonds is 11. The molecule has 0 aliphatic carbocycles. The molecular formula is C15H31NO2S. The highest BCUT2D eigenvalue weighted by atomic mass is 32.2. The summed E-state index contributed by atoms with van der Waals surface area (Å²) in [5.74, 6) is 1.02. The molecule has 0 aliphatic heterocycles. The largest absolute Gasteiger partial charge is 0.480 e. The van der Waals surface area contributed by atoms with Gasteiger partial charge in [-0.2, -0.15) is 11.8 Å². The Morgan fingerprint density at radius 3 is 2.37 bits per heavy atom. The van der Waals surface area contributed by atoms with Gasteiger partial charge in [-0.05, 0) is 43.9 Å². The fourth-order valence-electron chi connectivity index (χ4n) is 1.92. The highest BCUT2D eigenvalue weighted by Gasteiger charge is 2.35. The van der Waals surface area contributed by atoms with Gasteiger partial charge in [0.15, 0.2) is 0 Å². The molecule has 0 saturated carbocycles. The third-order valence-electron chi connectivity index (χ3n) is 3.79. The van der Waals surface area contributed by atoms with Gasteiger partial charge in [0.05, 0.1) is 0 Å². The van der Waals surface area contributed by atoms with E-state index in [2.05, 4.69) is 33.0 Å². The topological polar surface area (TPSA) is 49.3 Å². The van der Waals surface area contributed by atoms with Crippen LogP contribution < -0.4 is 5.32 Å². The molecule has 0 amide bonds. The van der Waals surface area contributed by atoms with Gasteiger partial charge in [-0.3, -0.25) is 4.79 Å². The van der Waals surface area contributed by atoms with Crippen molar-refractivity contribution >= 4 is 17.7 Å². The Bertz CT molecular complexity index is 259. The number of aliphatic carboxylic acids is 1. The zero-order chi connectivity index (χ0) is 14.9. The molecule has 3 nitrogen and oxygen atoms in total. The molecule has 0 spiro atoms. The van der Waals surface area contributed by atoms with Crippen LogP contribution in [-0.2, 0) is 4.79 Å². The first-order valence-corrected chi connectivity index (χ1v) is 8.54.